The Balaban J connectivity index is 2.12. The summed E-state index contributed by atoms with van der Waals surface area (Å²) >= 11 is 2.03. The van der Waals surface area contributed by atoms with Crippen LogP contribution in [-0.4, -0.2) is 29.3 Å². The zero-order chi connectivity index (χ0) is 12.8. The number of hydrogen-bond acceptors (Lipinski definition) is 3. The third-order valence-corrected chi connectivity index (χ3v) is 4.70. The summed E-state index contributed by atoms with van der Waals surface area (Å²) in [4.78, 5) is 0. The van der Waals surface area contributed by atoms with Gasteiger partial charge in [0.25, 0.3) is 0 Å². The van der Waals surface area contributed by atoms with Crippen LogP contribution in [0.1, 0.15) is 36.9 Å². The minimum Gasteiger partial charge on any atom is -0.396 e. The van der Waals surface area contributed by atoms with Gasteiger partial charge in [0.15, 0.2) is 0 Å². The van der Waals surface area contributed by atoms with Crippen LogP contribution in [0.15, 0.2) is 24.3 Å². The van der Waals surface area contributed by atoms with E-state index in [1.807, 2.05) is 11.8 Å². The van der Waals surface area contributed by atoms with Crippen molar-refractivity contribution < 1.29 is 5.11 Å². The summed E-state index contributed by atoms with van der Waals surface area (Å²) in [5.41, 5.74) is 2.94. The molecule has 1 aromatic carbocycles. The molecular weight excluding hydrogens is 242 g/mol. The van der Waals surface area contributed by atoms with Crippen molar-refractivity contribution in [2.24, 2.45) is 0 Å². The van der Waals surface area contributed by atoms with Gasteiger partial charge in [-0.1, -0.05) is 31.2 Å². The van der Waals surface area contributed by atoms with Crippen LogP contribution in [0.5, 0.6) is 0 Å². The summed E-state index contributed by atoms with van der Waals surface area (Å²) < 4.78 is 0. The maximum atomic E-state index is 9.10. The highest BCUT2D eigenvalue weighted by Gasteiger charge is 2.20. The number of hydrogen-bond donors (Lipinski definition) is 2. The molecule has 0 spiro atoms. The van der Waals surface area contributed by atoms with E-state index in [1.165, 1.54) is 23.3 Å². The molecule has 100 valence electrons. The van der Waals surface area contributed by atoms with Gasteiger partial charge in [-0.2, -0.15) is 11.8 Å². The third-order valence-electron chi connectivity index (χ3n) is 3.64. The molecule has 0 amide bonds. The lowest BCUT2D eigenvalue weighted by Crippen LogP contribution is -2.34. The van der Waals surface area contributed by atoms with Gasteiger partial charge in [-0.25, -0.2) is 0 Å². The molecule has 0 radical (unpaired) electrons. The lowest BCUT2D eigenvalue weighted by molar-refractivity contribution is 0.257. The molecule has 2 unspecified atom stereocenters. The average molecular weight is 265 g/mol. The van der Waals surface area contributed by atoms with E-state index in [1.54, 1.807) is 0 Å². The van der Waals surface area contributed by atoms with E-state index in [9.17, 15) is 0 Å². The summed E-state index contributed by atoms with van der Waals surface area (Å²) in [7, 11) is 0. The quantitative estimate of drug-likeness (QED) is 0.858. The van der Waals surface area contributed by atoms with Crippen LogP contribution in [0, 0.1) is 0 Å². The highest BCUT2D eigenvalue weighted by Crippen LogP contribution is 2.28. The normalized spacial score (nSPS) is 21.1. The molecule has 2 nitrogen and oxygen atoms in total. The largest absolute Gasteiger partial charge is 0.396 e. The van der Waals surface area contributed by atoms with Crippen molar-refractivity contribution in [1.29, 1.82) is 0 Å². The Hall–Kier alpha value is -0.510. The molecule has 2 rings (SSSR count). The molecule has 3 heteroatoms. The minimum absolute atomic E-state index is 0.271. The monoisotopic (exact) mass is 265 g/mol. The predicted octanol–water partition coefficient (Wildman–Crippen LogP) is 2.77. The second-order valence-corrected chi connectivity index (χ2v) is 6.01. The van der Waals surface area contributed by atoms with Crippen LogP contribution in [0.2, 0.25) is 0 Å². The second-order valence-electron chi connectivity index (χ2n) is 4.86. The van der Waals surface area contributed by atoms with Gasteiger partial charge in [-0.3, -0.25) is 0 Å². The Morgan fingerprint density at radius 1 is 1.44 bits per heavy atom. The van der Waals surface area contributed by atoms with Crippen molar-refractivity contribution in [1.82, 2.24) is 5.32 Å². The number of nitrogens with one attached hydrogen (secondary N) is 1. The van der Waals surface area contributed by atoms with Gasteiger partial charge in [0.2, 0.25) is 0 Å². The molecule has 1 aromatic rings. The van der Waals surface area contributed by atoms with Crippen LogP contribution >= 0.6 is 11.8 Å². The number of rotatable bonds is 5. The van der Waals surface area contributed by atoms with Crippen LogP contribution in [0.25, 0.3) is 0 Å². The molecule has 0 bridgehead atoms. The fourth-order valence-corrected chi connectivity index (χ4v) is 3.60. The smallest absolute Gasteiger partial charge is 0.0445 e. The van der Waals surface area contributed by atoms with E-state index in [-0.39, 0.29) is 6.61 Å². The van der Waals surface area contributed by atoms with Crippen molar-refractivity contribution in [2.75, 3.05) is 18.1 Å². The molecule has 0 saturated heterocycles. The summed E-state index contributed by atoms with van der Waals surface area (Å²) in [6.45, 7) is 2.45. The van der Waals surface area contributed by atoms with E-state index in [0.717, 1.165) is 18.6 Å². The van der Waals surface area contributed by atoms with E-state index < -0.39 is 0 Å². The number of fused-ring (bicyclic) bond motifs is 1. The maximum Gasteiger partial charge on any atom is 0.0445 e. The van der Waals surface area contributed by atoms with Gasteiger partial charge in [0, 0.05) is 24.4 Å². The Morgan fingerprint density at radius 3 is 3.06 bits per heavy atom. The molecule has 0 saturated carbocycles. The fraction of sp³-hybridized carbons (Fsp3) is 0.600. The lowest BCUT2D eigenvalue weighted by Gasteiger charge is -2.25. The van der Waals surface area contributed by atoms with Crippen molar-refractivity contribution in [2.45, 2.75) is 38.3 Å². The number of aliphatic hydroxyl groups is 1. The van der Waals surface area contributed by atoms with E-state index in [0.29, 0.717) is 12.1 Å². The van der Waals surface area contributed by atoms with Crippen LogP contribution < -0.4 is 5.32 Å². The Kier molecular flexibility index (Phi) is 5.54. The first-order valence-electron chi connectivity index (χ1n) is 6.87. The summed E-state index contributed by atoms with van der Waals surface area (Å²) in [5, 5.41) is 12.8. The number of benzene rings is 1. The van der Waals surface area contributed by atoms with Crippen molar-refractivity contribution >= 4 is 11.8 Å². The molecule has 0 fully saturated rings. The average Bonchev–Trinajstić information content (AvgIpc) is 2.61. The van der Waals surface area contributed by atoms with Crippen molar-refractivity contribution in [3.63, 3.8) is 0 Å². The molecule has 1 aliphatic heterocycles. The number of thioether (sulfide) groups is 1. The van der Waals surface area contributed by atoms with Gasteiger partial charge < -0.3 is 10.4 Å². The number of aliphatic hydroxyl groups excluding tert-OH is 1. The molecular formula is C15H23NOS. The molecule has 2 N–H and O–H groups in total. The molecule has 1 aliphatic rings. The highest BCUT2D eigenvalue weighted by atomic mass is 32.2. The van der Waals surface area contributed by atoms with Crippen LogP contribution in [0.4, 0.5) is 0 Å². The van der Waals surface area contributed by atoms with Crippen LogP contribution in [0.3, 0.4) is 0 Å². The van der Waals surface area contributed by atoms with Gasteiger partial charge in [0.05, 0.1) is 0 Å². The van der Waals surface area contributed by atoms with E-state index >= 15 is 0 Å². The van der Waals surface area contributed by atoms with Gasteiger partial charge in [0.1, 0.15) is 0 Å². The van der Waals surface area contributed by atoms with E-state index in [2.05, 4.69) is 36.5 Å². The molecule has 1 heterocycles. The van der Waals surface area contributed by atoms with Crippen molar-refractivity contribution in [3.8, 4) is 0 Å². The first-order chi connectivity index (χ1) is 8.85. The second kappa shape index (κ2) is 7.17. The minimum atomic E-state index is 0.271. The fourth-order valence-electron chi connectivity index (χ4n) is 2.56. The third kappa shape index (κ3) is 3.50. The predicted molar refractivity (Wildman–Crippen MR) is 79.1 cm³/mol. The zero-order valence-electron chi connectivity index (χ0n) is 11.1. The standard InChI is InChI=1S/C15H23NOS/c1-2-13(7-9-17)16-15-11-18-10-8-12-5-3-4-6-14(12)15/h3-6,13,15-17H,2,7-11H2,1H3. The molecule has 0 aromatic heterocycles. The Morgan fingerprint density at radius 2 is 2.28 bits per heavy atom. The maximum absolute atomic E-state index is 9.10. The summed E-state index contributed by atoms with van der Waals surface area (Å²) in [6.07, 6.45) is 3.10. The summed E-state index contributed by atoms with van der Waals surface area (Å²) in [6, 6.07) is 9.64. The summed E-state index contributed by atoms with van der Waals surface area (Å²) in [5.74, 6) is 2.35. The molecule has 2 atom stereocenters. The van der Waals surface area contributed by atoms with Gasteiger partial charge in [-0.15, -0.1) is 0 Å². The molecule has 18 heavy (non-hydrogen) atoms. The number of aryl methyl sites for hydroxylation is 1. The lowest BCUT2D eigenvalue weighted by atomic mass is 9.98. The van der Waals surface area contributed by atoms with Gasteiger partial charge >= 0.3 is 0 Å². The van der Waals surface area contributed by atoms with Crippen LogP contribution in [-0.2, 0) is 6.42 Å². The van der Waals surface area contributed by atoms with Gasteiger partial charge in [-0.05, 0) is 36.1 Å². The molecule has 0 aliphatic carbocycles. The van der Waals surface area contributed by atoms with E-state index in [4.69, 9.17) is 5.11 Å². The first kappa shape index (κ1) is 13.9. The Labute approximate surface area is 114 Å². The highest BCUT2D eigenvalue weighted by molar-refractivity contribution is 7.99. The topological polar surface area (TPSA) is 32.3 Å². The SMILES string of the molecule is CCC(CCO)NC1CSCCc2ccccc21. The Bertz CT molecular complexity index is 369. The first-order valence-corrected chi connectivity index (χ1v) is 8.03. The van der Waals surface area contributed by atoms with Crippen molar-refractivity contribution in [3.05, 3.63) is 35.4 Å². The zero-order valence-corrected chi connectivity index (χ0v) is 11.9.